The van der Waals surface area contributed by atoms with Gasteiger partial charge < -0.3 is 9.64 Å². The lowest BCUT2D eigenvalue weighted by Gasteiger charge is -2.25. The average molecular weight is 367 g/mol. The molecule has 0 unspecified atom stereocenters. The number of carbonyl (C=O) groups is 1. The lowest BCUT2D eigenvalue weighted by Crippen LogP contribution is -2.30. The van der Waals surface area contributed by atoms with Gasteiger partial charge in [0.05, 0.1) is 12.7 Å². The highest BCUT2D eigenvalue weighted by Crippen LogP contribution is 2.40. The second kappa shape index (κ2) is 7.00. The minimum absolute atomic E-state index is 0.216. The van der Waals surface area contributed by atoms with E-state index in [1.807, 2.05) is 0 Å². The van der Waals surface area contributed by atoms with Gasteiger partial charge in [-0.2, -0.15) is 13.2 Å². The van der Waals surface area contributed by atoms with Gasteiger partial charge in [0.15, 0.2) is 0 Å². The molecule has 3 rings (SSSR count). The zero-order valence-electron chi connectivity index (χ0n) is 13.4. The molecule has 1 fully saturated rings. The maximum atomic E-state index is 13.0. The number of carbonyl (C=O) groups excluding carboxylic acids is 1. The SMILES string of the molecule is COc1cccc(C(=O)N2CCS[C@H]2c2cccc(C(F)(F)F)c2)c1. The molecule has 1 amide bonds. The Labute approximate surface area is 147 Å². The standard InChI is InChI=1S/C18H16F3NO2S/c1-24-15-7-3-4-12(11-15)16(23)22-8-9-25-17(22)13-5-2-6-14(10-13)18(19,20)21/h2-7,10-11,17H,8-9H2,1H3/t17-/m0/s1. The maximum absolute atomic E-state index is 13.0. The molecule has 0 radical (unpaired) electrons. The van der Waals surface area contributed by atoms with Crippen molar-refractivity contribution in [1.29, 1.82) is 0 Å². The summed E-state index contributed by atoms with van der Waals surface area (Å²) in [6.45, 7) is 0.488. The molecule has 0 spiro atoms. The highest BCUT2D eigenvalue weighted by Gasteiger charge is 2.34. The first-order valence-corrected chi connectivity index (χ1v) is 8.69. The number of methoxy groups -OCH3 is 1. The Balaban J connectivity index is 1.89. The van der Waals surface area contributed by atoms with Crippen LogP contribution >= 0.6 is 11.8 Å². The Morgan fingerprint density at radius 2 is 1.96 bits per heavy atom. The summed E-state index contributed by atoms with van der Waals surface area (Å²) in [6.07, 6.45) is -4.40. The second-order valence-corrected chi connectivity index (χ2v) is 6.76. The van der Waals surface area contributed by atoms with Crippen molar-refractivity contribution in [2.75, 3.05) is 19.4 Å². The highest BCUT2D eigenvalue weighted by atomic mass is 32.2. The van der Waals surface area contributed by atoms with Gasteiger partial charge in [0.2, 0.25) is 0 Å². The van der Waals surface area contributed by atoms with Crippen LogP contribution in [0.4, 0.5) is 13.2 Å². The Morgan fingerprint density at radius 3 is 2.68 bits per heavy atom. The quantitative estimate of drug-likeness (QED) is 0.794. The van der Waals surface area contributed by atoms with Gasteiger partial charge in [-0.05, 0) is 35.9 Å². The Kier molecular flexibility index (Phi) is 4.94. The molecule has 0 aliphatic carbocycles. The van der Waals surface area contributed by atoms with Gasteiger partial charge in [-0.3, -0.25) is 4.79 Å². The molecule has 25 heavy (non-hydrogen) atoms. The van der Waals surface area contributed by atoms with E-state index in [0.29, 0.717) is 29.2 Å². The van der Waals surface area contributed by atoms with Crippen molar-refractivity contribution in [2.24, 2.45) is 0 Å². The normalized spacial score (nSPS) is 17.6. The van der Waals surface area contributed by atoms with Gasteiger partial charge in [-0.25, -0.2) is 0 Å². The van der Waals surface area contributed by atoms with Crippen molar-refractivity contribution >= 4 is 17.7 Å². The summed E-state index contributed by atoms with van der Waals surface area (Å²) in [4.78, 5) is 14.4. The summed E-state index contributed by atoms with van der Waals surface area (Å²) in [5, 5.41) is -0.430. The van der Waals surface area contributed by atoms with Crippen molar-refractivity contribution in [1.82, 2.24) is 4.90 Å². The van der Waals surface area contributed by atoms with Crippen LogP contribution in [-0.4, -0.2) is 30.2 Å². The van der Waals surface area contributed by atoms with Crippen LogP contribution in [0, 0.1) is 0 Å². The zero-order chi connectivity index (χ0) is 18.0. The first-order chi connectivity index (χ1) is 11.9. The van der Waals surface area contributed by atoms with Crippen molar-refractivity contribution < 1.29 is 22.7 Å². The van der Waals surface area contributed by atoms with Gasteiger partial charge in [0.25, 0.3) is 5.91 Å². The van der Waals surface area contributed by atoms with E-state index >= 15 is 0 Å². The number of halogens is 3. The number of amides is 1. The molecule has 0 N–H and O–H groups in total. The minimum atomic E-state index is -4.40. The van der Waals surface area contributed by atoms with Crippen LogP contribution in [-0.2, 0) is 6.18 Å². The van der Waals surface area contributed by atoms with Crippen molar-refractivity contribution in [2.45, 2.75) is 11.6 Å². The van der Waals surface area contributed by atoms with Crippen LogP contribution in [0.25, 0.3) is 0 Å². The predicted molar refractivity (Wildman–Crippen MR) is 90.7 cm³/mol. The van der Waals surface area contributed by atoms with Crippen LogP contribution in [0.1, 0.15) is 26.9 Å². The largest absolute Gasteiger partial charge is 0.497 e. The predicted octanol–water partition coefficient (Wildman–Crippen LogP) is 4.60. The van der Waals surface area contributed by atoms with Crippen molar-refractivity contribution in [3.8, 4) is 5.75 Å². The van der Waals surface area contributed by atoms with E-state index in [1.54, 1.807) is 35.2 Å². The van der Waals surface area contributed by atoms with Crippen LogP contribution in [0.15, 0.2) is 48.5 Å². The minimum Gasteiger partial charge on any atom is -0.497 e. The summed E-state index contributed by atoms with van der Waals surface area (Å²) >= 11 is 1.46. The third-order valence-corrected chi connectivity index (χ3v) is 5.23. The highest BCUT2D eigenvalue weighted by molar-refractivity contribution is 7.99. The van der Waals surface area contributed by atoms with E-state index in [0.717, 1.165) is 12.1 Å². The fourth-order valence-corrected chi connectivity index (χ4v) is 3.99. The van der Waals surface area contributed by atoms with Crippen LogP contribution in [0.5, 0.6) is 5.75 Å². The van der Waals surface area contributed by atoms with E-state index < -0.39 is 17.1 Å². The molecule has 1 aliphatic rings. The van der Waals surface area contributed by atoms with Crippen LogP contribution < -0.4 is 4.74 Å². The molecule has 1 atom stereocenters. The lowest BCUT2D eigenvalue weighted by atomic mass is 10.1. The molecule has 1 heterocycles. The Bertz CT molecular complexity index is 779. The number of alkyl halides is 3. The third kappa shape index (κ3) is 3.76. The number of hydrogen-bond donors (Lipinski definition) is 0. The fraction of sp³-hybridized carbons (Fsp3) is 0.278. The molecule has 1 aliphatic heterocycles. The Morgan fingerprint density at radius 1 is 1.20 bits per heavy atom. The number of hydrogen-bond acceptors (Lipinski definition) is 3. The monoisotopic (exact) mass is 367 g/mol. The number of nitrogens with zero attached hydrogens (tertiary/aromatic N) is 1. The average Bonchev–Trinajstić information content (AvgIpc) is 3.10. The van der Waals surface area contributed by atoms with Gasteiger partial charge >= 0.3 is 6.18 Å². The molecule has 2 aromatic rings. The van der Waals surface area contributed by atoms with E-state index in [9.17, 15) is 18.0 Å². The van der Waals surface area contributed by atoms with Gasteiger partial charge in [-0.15, -0.1) is 11.8 Å². The molecule has 0 saturated carbocycles. The number of ether oxygens (including phenoxy) is 1. The number of thioether (sulfide) groups is 1. The summed E-state index contributed by atoms with van der Waals surface area (Å²) in [5.41, 5.74) is 0.235. The molecule has 1 saturated heterocycles. The van der Waals surface area contributed by atoms with Crippen molar-refractivity contribution in [3.63, 3.8) is 0 Å². The smallest absolute Gasteiger partial charge is 0.416 e. The first kappa shape index (κ1) is 17.7. The molecule has 2 aromatic carbocycles. The molecular formula is C18H16F3NO2S. The molecular weight excluding hydrogens is 351 g/mol. The molecule has 0 aromatic heterocycles. The van der Waals surface area contributed by atoms with E-state index in [-0.39, 0.29) is 5.91 Å². The first-order valence-electron chi connectivity index (χ1n) is 7.64. The van der Waals surface area contributed by atoms with E-state index in [4.69, 9.17) is 4.74 Å². The summed E-state index contributed by atoms with van der Waals surface area (Å²) in [5.74, 6) is 1.02. The van der Waals surface area contributed by atoms with E-state index in [2.05, 4.69) is 0 Å². The summed E-state index contributed by atoms with van der Waals surface area (Å²) < 4.78 is 44.0. The van der Waals surface area contributed by atoms with Crippen LogP contribution in [0.2, 0.25) is 0 Å². The van der Waals surface area contributed by atoms with Gasteiger partial charge in [-0.1, -0.05) is 18.2 Å². The molecule has 7 heteroatoms. The van der Waals surface area contributed by atoms with Crippen LogP contribution in [0.3, 0.4) is 0 Å². The molecule has 0 bridgehead atoms. The second-order valence-electron chi connectivity index (χ2n) is 5.58. The molecule has 3 nitrogen and oxygen atoms in total. The molecule has 132 valence electrons. The van der Waals surface area contributed by atoms with Gasteiger partial charge in [0.1, 0.15) is 11.1 Å². The van der Waals surface area contributed by atoms with Gasteiger partial charge in [0, 0.05) is 17.9 Å². The Hall–Kier alpha value is -2.15. The lowest BCUT2D eigenvalue weighted by molar-refractivity contribution is -0.137. The third-order valence-electron chi connectivity index (χ3n) is 3.97. The topological polar surface area (TPSA) is 29.5 Å². The maximum Gasteiger partial charge on any atom is 0.416 e. The van der Waals surface area contributed by atoms with E-state index in [1.165, 1.54) is 24.9 Å². The zero-order valence-corrected chi connectivity index (χ0v) is 14.2. The number of benzene rings is 2. The number of rotatable bonds is 3. The summed E-state index contributed by atoms with van der Waals surface area (Å²) in [7, 11) is 1.51. The van der Waals surface area contributed by atoms with Crippen molar-refractivity contribution in [3.05, 3.63) is 65.2 Å². The fourth-order valence-electron chi connectivity index (χ4n) is 2.74. The summed E-state index contributed by atoms with van der Waals surface area (Å²) in [6, 6.07) is 11.9.